The zero-order chi connectivity index (χ0) is 11.2. The van der Waals surface area contributed by atoms with E-state index in [1.54, 1.807) is 7.05 Å². The quantitative estimate of drug-likeness (QED) is 0.273. The second-order valence-electron chi connectivity index (χ2n) is 3.48. The molecule has 0 saturated carbocycles. The maximum Gasteiger partial charge on any atom is 0.362 e. The van der Waals surface area contributed by atoms with Crippen LogP contribution in [0.4, 0.5) is 0 Å². The Morgan fingerprint density at radius 3 is 2.69 bits per heavy atom. The number of halogens is 1. The van der Waals surface area contributed by atoms with E-state index in [9.17, 15) is 9.59 Å². The Balaban J connectivity index is 0.00000128. The van der Waals surface area contributed by atoms with Crippen molar-refractivity contribution in [2.24, 2.45) is 7.05 Å². The van der Waals surface area contributed by atoms with Gasteiger partial charge >= 0.3 is 10.7 Å². The van der Waals surface area contributed by atoms with Crippen LogP contribution in [0.25, 0.3) is 0 Å². The fraction of sp³-hybridized carbons (Fsp3) is 0.444. The standard InChI is InChI=1S/C9H12N3O2S.HI/c1-6-4-7(13)12-9(10(6)2)15-5-8(14)11(12)3;/h4H,5H2,1-3H3;1H/q+1;/p-1. The van der Waals surface area contributed by atoms with E-state index in [0.717, 1.165) is 10.9 Å². The minimum atomic E-state index is -0.163. The number of hydrogen-bond donors (Lipinski definition) is 0. The molecular formula is C9H12IN3O2S. The molecule has 0 N–H and O–H groups in total. The molecule has 1 aromatic rings. The second-order valence-corrected chi connectivity index (χ2v) is 4.43. The molecule has 1 amide bonds. The van der Waals surface area contributed by atoms with E-state index in [1.165, 1.54) is 27.5 Å². The molecule has 0 unspecified atom stereocenters. The van der Waals surface area contributed by atoms with Crippen molar-refractivity contribution < 1.29 is 33.3 Å². The van der Waals surface area contributed by atoms with E-state index in [4.69, 9.17) is 0 Å². The number of nitrogens with zero attached hydrogens (tertiary/aromatic N) is 3. The third kappa shape index (κ3) is 1.97. The second kappa shape index (κ2) is 4.74. The number of aromatic nitrogens is 2. The zero-order valence-electron chi connectivity index (χ0n) is 9.23. The highest BCUT2D eigenvalue weighted by Crippen LogP contribution is 2.17. The van der Waals surface area contributed by atoms with Crippen molar-refractivity contribution in [2.75, 3.05) is 17.8 Å². The first kappa shape index (κ1) is 13.5. The summed E-state index contributed by atoms with van der Waals surface area (Å²) in [6.07, 6.45) is 0. The smallest absolute Gasteiger partial charge is 0.362 e. The van der Waals surface area contributed by atoms with Crippen LogP contribution in [-0.4, -0.2) is 23.4 Å². The summed E-state index contributed by atoms with van der Waals surface area (Å²) in [5.74, 6) is 0.325. The van der Waals surface area contributed by atoms with Crippen LogP contribution >= 0.6 is 11.8 Å². The lowest BCUT2D eigenvalue weighted by Crippen LogP contribution is -3.00. The van der Waals surface area contributed by atoms with Gasteiger partial charge in [-0.15, -0.1) is 0 Å². The molecule has 0 atom stereocenters. The highest BCUT2D eigenvalue weighted by atomic mass is 127. The Kier molecular flexibility index (Phi) is 4.00. The number of aryl methyl sites for hydroxylation is 1. The van der Waals surface area contributed by atoms with Crippen molar-refractivity contribution in [3.05, 3.63) is 22.1 Å². The van der Waals surface area contributed by atoms with E-state index in [1.807, 2.05) is 18.5 Å². The molecule has 1 aliphatic heterocycles. The van der Waals surface area contributed by atoms with Crippen LogP contribution in [0.5, 0.6) is 0 Å². The summed E-state index contributed by atoms with van der Waals surface area (Å²) < 4.78 is 3.32. The summed E-state index contributed by atoms with van der Waals surface area (Å²) in [5.41, 5.74) is 0.727. The predicted octanol–water partition coefficient (Wildman–Crippen LogP) is -3.81. The lowest BCUT2D eigenvalue weighted by atomic mass is 10.4. The summed E-state index contributed by atoms with van der Waals surface area (Å²) in [7, 11) is 3.50. The van der Waals surface area contributed by atoms with E-state index < -0.39 is 0 Å². The predicted molar refractivity (Wildman–Crippen MR) is 56.5 cm³/mol. The Morgan fingerprint density at radius 2 is 2.06 bits per heavy atom. The van der Waals surface area contributed by atoms with Gasteiger partial charge in [0.15, 0.2) is 0 Å². The molecule has 2 rings (SSSR count). The third-order valence-electron chi connectivity index (χ3n) is 2.52. The van der Waals surface area contributed by atoms with E-state index in [0.29, 0.717) is 5.75 Å². The maximum absolute atomic E-state index is 11.7. The molecule has 0 aromatic carbocycles. The topological polar surface area (TPSA) is 46.2 Å². The van der Waals surface area contributed by atoms with Crippen molar-refractivity contribution in [3.63, 3.8) is 0 Å². The first-order valence-electron chi connectivity index (χ1n) is 4.54. The number of amides is 1. The molecule has 5 nitrogen and oxygen atoms in total. The minimum Gasteiger partial charge on any atom is -1.00 e. The van der Waals surface area contributed by atoms with Gasteiger partial charge in [-0.25, -0.2) is 9.36 Å². The SMILES string of the molecule is Cc1cc(=O)n2c([n+]1C)SCC(=O)N2C.[I-]. The molecule has 0 radical (unpaired) electrons. The fourth-order valence-corrected chi connectivity index (χ4v) is 2.60. The van der Waals surface area contributed by atoms with Gasteiger partial charge in [0.2, 0.25) is 0 Å². The van der Waals surface area contributed by atoms with Gasteiger partial charge in [0.05, 0.1) is 25.9 Å². The molecule has 0 saturated heterocycles. The monoisotopic (exact) mass is 353 g/mol. The molecule has 2 heterocycles. The van der Waals surface area contributed by atoms with Gasteiger partial charge < -0.3 is 24.0 Å². The van der Waals surface area contributed by atoms with E-state index >= 15 is 0 Å². The average molecular weight is 353 g/mol. The maximum atomic E-state index is 11.7. The van der Waals surface area contributed by atoms with Gasteiger partial charge in [0.1, 0.15) is 5.69 Å². The first-order chi connectivity index (χ1) is 7.02. The fourth-order valence-electron chi connectivity index (χ4n) is 1.49. The molecule has 0 aliphatic carbocycles. The molecule has 0 fully saturated rings. The lowest BCUT2D eigenvalue weighted by molar-refractivity contribution is -0.721. The Labute approximate surface area is 114 Å². The Hall–Kier alpha value is -0.570. The molecule has 7 heteroatoms. The van der Waals surface area contributed by atoms with Gasteiger partial charge in [0, 0.05) is 0 Å². The van der Waals surface area contributed by atoms with Crippen LogP contribution in [0.1, 0.15) is 5.69 Å². The van der Waals surface area contributed by atoms with Crippen LogP contribution in [0.3, 0.4) is 0 Å². The third-order valence-corrected chi connectivity index (χ3v) is 3.62. The van der Waals surface area contributed by atoms with E-state index in [2.05, 4.69) is 0 Å². The molecule has 0 spiro atoms. The minimum absolute atomic E-state index is 0. The molecule has 0 bridgehead atoms. The molecule has 88 valence electrons. The van der Waals surface area contributed by atoms with Gasteiger partial charge in [-0.3, -0.25) is 4.79 Å². The normalized spacial score (nSPS) is 14.4. The Morgan fingerprint density at radius 1 is 1.44 bits per heavy atom. The van der Waals surface area contributed by atoms with Gasteiger partial charge in [0.25, 0.3) is 5.91 Å². The first-order valence-corrected chi connectivity index (χ1v) is 5.53. The van der Waals surface area contributed by atoms with Crippen molar-refractivity contribution in [2.45, 2.75) is 12.1 Å². The lowest BCUT2D eigenvalue weighted by Gasteiger charge is -2.21. The van der Waals surface area contributed by atoms with E-state index in [-0.39, 0.29) is 35.4 Å². The highest BCUT2D eigenvalue weighted by Gasteiger charge is 2.31. The summed E-state index contributed by atoms with van der Waals surface area (Å²) in [5, 5.41) is 2.16. The Bertz CT molecular complexity index is 500. The van der Waals surface area contributed by atoms with Gasteiger partial charge in [-0.1, -0.05) is 4.68 Å². The molecule has 1 aliphatic rings. The van der Waals surface area contributed by atoms with Crippen LogP contribution in [0.2, 0.25) is 0 Å². The number of carbonyl (C=O) groups excluding carboxylic acids is 1. The van der Waals surface area contributed by atoms with Crippen LogP contribution in [0.15, 0.2) is 16.0 Å². The zero-order valence-corrected chi connectivity index (χ0v) is 12.2. The molecule has 16 heavy (non-hydrogen) atoms. The highest BCUT2D eigenvalue weighted by molar-refractivity contribution is 7.99. The largest absolute Gasteiger partial charge is 1.00 e. The number of rotatable bonds is 0. The number of fused-ring (bicyclic) bond motifs is 1. The summed E-state index contributed by atoms with van der Waals surface area (Å²) in [6, 6.07) is 1.53. The number of hydrogen-bond acceptors (Lipinski definition) is 3. The van der Waals surface area contributed by atoms with Crippen molar-refractivity contribution in [1.82, 2.24) is 4.68 Å². The van der Waals surface area contributed by atoms with Crippen LogP contribution < -0.4 is 39.1 Å². The number of thioether (sulfide) groups is 1. The summed E-state index contributed by atoms with van der Waals surface area (Å²) in [4.78, 5) is 23.2. The summed E-state index contributed by atoms with van der Waals surface area (Å²) >= 11 is 1.39. The van der Waals surface area contributed by atoms with Crippen LogP contribution in [0, 0.1) is 6.92 Å². The summed E-state index contributed by atoms with van der Waals surface area (Å²) in [6.45, 7) is 1.87. The van der Waals surface area contributed by atoms with Crippen molar-refractivity contribution >= 4 is 17.7 Å². The van der Waals surface area contributed by atoms with Gasteiger partial charge in [-0.05, 0) is 18.7 Å². The molecule has 1 aromatic heterocycles. The van der Waals surface area contributed by atoms with Crippen molar-refractivity contribution in [3.8, 4) is 0 Å². The van der Waals surface area contributed by atoms with Gasteiger partial charge in [-0.2, -0.15) is 5.01 Å². The average Bonchev–Trinajstić information content (AvgIpc) is 2.18. The van der Waals surface area contributed by atoms with Crippen LogP contribution in [-0.2, 0) is 11.8 Å². The number of carbonyl (C=O) groups is 1. The van der Waals surface area contributed by atoms with Crippen molar-refractivity contribution in [1.29, 1.82) is 0 Å². The molecular weight excluding hydrogens is 341 g/mol.